The Kier molecular flexibility index (Phi) is 7.75. The molecule has 1 fully saturated rings. The molecule has 1 saturated heterocycles. The van der Waals surface area contributed by atoms with Gasteiger partial charge in [0, 0.05) is 16.9 Å². The second-order valence-electron chi connectivity index (χ2n) is 7.93. The quantitative estimate of drug-likeness (QED) is 0.389. The zero-order valence-electron chi connectivity index (χ0n) is 19.3. The molecule has 0 unspecified atom stereocenters. The highest BCUT2D eigenvalue weighted by atomic mass is 32.2. The van der Waals surface area contributed by atoms with Crippen LogP contribution in [0.5, 0.6) is 11.5 Å². The summed E-state index contributed by atoms with van der Waals surface area (Å²) in [6, 6.07) is 22.3. The number of hydrogen-bond donors (Lipinski definition) is 1. The van der Waals surface area contributed by atoms with Gasteiger partial charge in [0.1, 0.15) is 16.9 Å². The Bertz CT molecular complexity index is 1110. The summed E-state index contributed by atoms with van der Waals surface area (Å²) in [5, 5.41) is 2.81. The summed E-state index contributed by atoms with van der Waals surface area (Å²) in [5.41, 5.74) is 3.09. The third kappa shape index (κ3) is 5.54. The van der Waals surface area contributed by atoms with Gasteiger partial charge in [0.05, 0.1) is 19.5 Å². The molecule has 0 saturated carbocycles. The lowest BCUT2D eigenvalue weighted by molar-refractivity contribution is -0.115. The van der Waals surface area contributed by atoms with E-state index in [1.807, 2.05) is 65.6 Å². The van der Waals surface area contributed by atoms with E-state index in [0.29, 0.717) is 23.6 Å². The van der Waals surface area contributed by atoms with Crippen LogP contribution in [-0.2, 0) is 4.79 Å². The summed E-state index contributed by atoms with van der Waals surface area (Å²) in [6.07, 6.45) is 2.08. The molecule has 0 aromatic heterocycles. The first-order valence-electron chi connectivity index (χ1n) is 11.3. The van der Waals surface area contributed by atoms with Crippen LogP contribution in [0.15, 0.2) is 72.8 Å². The summed E-state index contributed by atoms with van der Waals surface area (Å²) in [5.74, 6) is 1.82. The number of nitrogens with one attached hydrogen (secondary N) is 1. The van der Waals surface area contributed by atoms with Crippen LogP contribution in [0, 0.1) is 0 Å². The van der Waals surface area contributed by atoms with E-state index < -0.39 is 0 Å². The number of carbonyl (C=O) groups excluding carboxylic acids is 2. The van der Waals surface area contributed by atoms with Crippen molar-refractivity contribution in [3.05, 3.63) is 83.9 Å². The topological polar surface area (TPSA) is 67.9 Å². The lowest BCUT2D eigenvalue weighted by Gasteiger charge is -2.24. The fourth-order valence-corrected chi connectivity index (χ4v) is 4.84. The highest BCUT2D eigenvalue weighted by molar-refractivity contribution is 8.00. The number of anilines is 2. The van der Waals surface area contributed by atoms with Crippen LogP contribution in [-0.4, -0.2) is 31.3 Å². The van der Waals surface area contributed by atoms with Crippen molar-refractivity contribution in [1.29, 1.82) is 0 Å². The number of benzene rings is 3. The van der Waals surface area contributed by atoms with Crippen molar-refractivity contribution in [3.63, 3.8) is 0 Å². The van der Waals surface area contributed by atoms with Gasteiger partial charge in [0.2, 0.25) is 5.91 Å². The van der Waals surface area contributed by atoms with Crippen molar-refractivity contribution in [2.24, 2.45) is 0 Å². The lowest BCUT2D eigenvalue weighted by atomic mass is 10.1. The molecule has 1 aliphatic rings. The fourth-order valence-electron chi connectivity index (χ4n) is 3.66. The van der Waals surface area contributed by atoms with Crippen molar-refractivity contribution in [2.45, 2.75) is 25.1 Å². The molecule has 3 aromatic rings. The van der Waals surface area contributed by atoms with Gasteiger partial charge in [-0.25, -0.2) is 0 Å². The second-order valence-corrected chi connectivity index (χ2v) is 9.00. The number of hydrogen-bond acceptors (Lipinski definition) is 5. The van der Waals surface area contributed by atoms with Gasteiger partial charge in [-0.3, -0.25) is 14.5 Å². The Balaban J connectivity index is 1.41. The molecule has 0 aliphatic carbocycles. The number of methoxy groups -OCH3 is 1. The number of thioether (sulfide) groups is 1. The standard InChI is InChI=1S/C27H28N2O4S/c1-3-4-17-33-24-13-7-19(8-14-24)26(31)28-21-9-5-20(6-10-21)27-29(25(30)18-34-27)22-11-15-23(32-2)16-12-22/h5-16,27H,3-4,17-18H2,1-2H3,(H,28,31)/t27-/m0/s1. The molecule has 34 heavy (non-hydrogen) atoms. The van der Waals surface area contributed by atoms with Gasteiger partial charge in [-0.05, 0) is 72.6 Å². The second kappa shape index (κ2) is 11.1. The maximum atomic E-state index is 12.6. The minimum Gasteiger partial charge on any atom is -0.497 e. The maximum Gasteiger partial charge on any atom is 0.255 e. The minimum atomic E-state index is -0.182. The monoisotopic (exact) mass is 476 g/mol. The van der Waals surface area contributed by atoms with Crippen LogP contribution in [0.2, 0.25) is 0 Å². The molecule has 0 spiro atoms. The molecule has 3 aromatic carbocycles. The van der Waals surface area contributed by atoms with Gasteiger partial charge in [0.15, 0.2) is 0 Å². The molecule has 1 heterocycles. The molecular weight excluding hydrogens is 448 g/mol. The third-order valence-electron chi connectivity index (χ3n) is 5.56. The predicted octanol–water partition coefficient (Wildman–Crippen LogP) is 5.91. The van der Waals surface area contributed by atoms with E-state index in [1.54, 1.807) is 31.0 Å². The van der Waals surface area contributed by atoms with Gasteiger partial charge in [-0.15, -0.1) is 11.8 Å². The van der Waals surface area contributed by atoms with Gasteiger partial charge >= 0.3 is 0 Å². The lowest BCUT2D eigenvalue weighted by Crippen LogP contribution is -2.27. The number of rotatable bonds is 9. The van der Waals surface area contributed by atoms with E-state index in [-0.39, 0.29) is 17.2 Å². The van der Waals surface area contributed by atoms with Gasteiger partial charge in [-0.1, -0.05) is 25.5 Å². The van der Waals surface area contributed by atoms with Crippen LogP contribution >= 0.6 is 11.8 Å². The average molecular weight is 477 g/mol. The molecule has 2 amide bonds. The summed E-state index contributed by atoms with van der Waals surface area (Å²) >= 11 is 1.59. The molecular formula is C27H28N2O4S. The molecule has 0 radical (unpaired) electrons. The number of carbonyl (C=O) groups is 2. The van der Waals surface area contributed by atoms with E-state index in [4.69, 9.17) is 9.47 Å². The van der Waals surface area contributed by atoms with E-state index >= 15 is 0 Å². The van der Waals surface area contributed by atoms with Crippen molar-refractivity contribution < 1.29 is 19.1 Å². The Labute approximate surface area is 204 Å². The number of nitrogens with zero attached hydrogens (tertiary/aromatic N) is 1. The molecule has 1 atom stereocenters. The minimum absolute atomic E-state index is 0.0691. The first kappa shape index (κ1) is 23.7. The van der Waals surface area contributed by atoms with Crippen molar-refractivity contribution in [2.75, 3.05) is 29.7 Å². The number of unbranched alkanes of at least 4 members (excludes halogenated alkanes) is 1. The van der Waals surface area contributed by atoms with Crippen molar-refractivity contribution >= 4 is 35.0 Å². The van der Waals surface area contributed by atoms with Crippen molar-refractivity contribution in [1.82, 2.24) is 0 Å². The van der Waals surface area contributed by atoms with Gasteiger partial charge in [0.25, 0.3) is 5.91 Å². The van der Waals surface area contributed by atoms with E-state index in [1.165, 1.54) is 0 Å². The molecule has 0 bridgehead atoms. The predicted molar refractivity (Wildman–Crippen MR) is 137 cm³/mol. The fraction of sp³-hybridized carbons (Fsp3) is 0.259. The van der Waals surface area contributed by atoms with E-state index in [9.17, 15) is 9.59 Å². The smallest absolute Gasteiger partial charge is 0.255 e. The summed E-state index contributed by atoms with van der Waals surface area (Å²) in [7, 11) is 1.62. The normalized spacial score (nSPS) is 15.3. The highest BCUT2D eigenvalue weighted by Crippen LogP contribution is 2.42. The first-order chi connectivity index (χ1) is 16.6. The van der Waals surface area contributed by atoms with Crippen LogP contribution in [0.1, 0.15) is 41.1 Å². The first-order valence-corrected chi connectivity index (χ1v) is 12.4. The van der Waals surface area contributed by atoms with Crippen LogP contribution in [0.25, 0.3) is 0 Å². The number of ether oxygens (including phenoxy) is 2. The molecule has 1 aliphatic heterocycles. The van der Waals surface area contributed by atoms with Crippen LogP contribution in [0.3, 0.4) is 0 Å². The molecule has 4 rings (SSSR count). The Morgan fingerprint density at radius 1 is 1.00 bits per heavy atom. The zero-order chi connectivity index (χ0) is 23.9. The zero-order valence-corrected chi connectivity index (χ0v) is 20.1. The van der Waals surface area contributed by atoms with Gasteiger partial charge < -0.3 is 14.8 Å². The van der Waals surface area contributed by atoms with Crippen LogP contribution in [0.4, 0.5) is 11.4 Å². The van der Waals surface area contributed by atoms with Gasteiger partial charge in [-0.2, -0.15) is 0 Å². The molecule has 7 heteroatoms. The van der Waals surface area contributed by atoms with Crippen molar-refractivity contribution in [3.8, 4) is 11.5 Å². The maximum absolute atomic E-state index is 12.6. The molecule has 176 valence electrons. The Morgan fingerprint density at radius 2 is 1.68 bits per heavy atom. The average Bonchev–Trinajstić information content (AvgIpc) is 3.26. The van der Waals surface area contributed by atoms with E-state index in [2.05, 4.69) is 12.2 Å². The Hall–Kier alpha value is -3.45. The third-order valence-corrected chi connectivity index (χ3v) is 6.77. The van der Waals surface area contributed by atoms with Crippen LogP contribution < -0.4 is 19.7 Å². The number of amides is 2. The SMILES string of the molecule is CCCCOc1ccc(C(=O)Nc2ccc([C@@H]3SCC(=O)N3c3ccc(OC)cc3)cc2)cc1. The molecule has 1 N–H and O–H groups in total. The highest BCUT2D eigenvalue weighted by Gasteiger charge is 2.34. The molecule has 6 nitrogen and oxygen atoms in total. The summed E-state index contributed by atoms with van der Waals surface area (Å²) in [6.45, 7) is 2.79. The summed E-state index contributed by atoms with van der Waals surface area (Å²) in [4.78, 5) is 27.0. The summed E-state index contributed by atoms with van der Waals surface area (Å²) < 4.78 is 10.9. The van der Waals surface area contributed by atoms with E-state index in [0.717, 1.165) is 35.6 Å². The largest absolute Gasteiger partial charge is 0.497 e. The Morgan fingerprint density at radius 3 is 2.32 bits per heavy atom.